The number of aromatic nitrogens is 2. The molecule has 1 saturated heterocycles. The van der Waals surface area contributed by atoms with Gasteiger partial charge in [-0.2, -0.15) is 0 Å². The first-order valence-corrected chi connectivity index (χ1v) is 9.44. The summed E-state index contributed by atoms with van der Waals surface area (Å²) in [6.45, 7) is 0.985. The molecule has 0 spiro atoms. The molecule has 2 nitrogen and oxygen atoms in total. The minimum Gasteiger partial charge on any atom is -0.336 e. The lowest BCUT2D eigenvalue weighted by atomic mass is 9.90. The Balaban J connectivity index is 1.86. The highest BCUT2D eigenvalue weighted by Crippen LogP contribution is 2.55. The van der Waals surface area contributed by atoms with Crippen LogP contribution in [0.3, 0.4) is 0 Å². The molecular formula is C17H16N2S2. The summed E-state index contributed by atoms with van der Waals surface area (Å²) in [5.41, 5.74) is 1.46. The van der Waals surface area contributed by atoms with E-state index in [1.165, 1.54) is 28.5 Å². The van der Waals surface area contributed by atoms with Crippen LogP contribution in [0.25, 0.3) is 10.8 Å². The number of hydrogen-bond donors (Lipinski definition) is 0. The van der Waals surface area contributed by atoms with Crippen LogP contribution in [0.4, 0.5) is 0 Å². The summed E-state index contributed by atoms with van der Waals surface area (Å²) in [4.78, 5) is 4.20. The second kappa shape index (κ2) is 5.43. The second-order valence-corrected chi connectivity index (χ2v) is 8.21. The van der Waals surface area contributed by atoms with Crippen LogP contribution < -0.4 is 0 Å². The number of nitrogens with zero attached hydrogens (tertiary/aromatic N) is 2. The average Bonchev–Trinajstić information content (AvgIpc) is 3.20. The van der Waals surface area contributed by atoms with Crippen molar-refractivity contribution in [1.82, 2.24) is 9.55 Å². The Bertz CT molecular complexity index is 741. The van der Waals surface area contributed by atoms with E-state index in [0.29, 0.717) is 0 Å². The van der Waals surface area contributed by atoms with Crippen molar-refractivity contribution in [2.45, 2.75) is 17.7 Å². The highest BCUT2D eigenvalue weighted by atomic mass is 33.1. The molecular weight excluding hydrogens is 296 g/mol. The maximum Gasteiger partial charge on any atom is 0.0946 e. The molecule has 1 aromatic heterocycles. The highest BCUT2D eigenvalue weighted by Gasteiger charge is 2.38. The van der Waals surface area contributed by atoms with E-state index in [9.17, 15) is 0 Å². The Morgan fingerprint density at radius 2 is 2.05 bits per heavy atom. The minimum atomic E-state index is 0.145. The Morgan fingerprint density at radius 1 is 1.14 bits per heavy atom. The molecule has 1 aliphatic heterocycles. The smallest absolute Gasteiger partial charge is 0.0946 e. The van der Waals surface area contributed by atoms with Gasteiger partial charge in [0.25, 0.3) is 0 Å². The predicted octanol–water partition coefficient (Wildman–Crippen LogP) is 4.72. The van der Waals surface area contributed by atoms with Crippen molar-refractivity contribution in [2.24, 2.45) is 0 Å². The van der Waals surface area contributed by atoms with Crippen molar-refractivity contribution in [1.29, 1.82) is 0 Å². The molecule has 3 aromatic rings. The molecule has 1 aliphatic rings. The van der Waals surface area contributed by atoms with E-state index < -0.39 is 0 Å². The van der Waals surface area contributed by atoms with E-state index in [4.69, 9.17) is 0 Å². The van der Waals surface area contributed by atoms with E-state index in [1.807, 2.05) is 34.1 Å². The molecule has 0 saturated carbocycles. The van der Waals surface area contributed by atoms with Gasteiger partial charge in [-0.3, -0.25) is 0 Å². The van der Waals surface area contributed by atoms with Crippen molar-refractivity contribution in [3.63, 3.8) is 0 Å². The molecule has 0 aliphatic carbocycles. The molecule has 2 heterocycles. The van der Waals surface area contributed by atoms with Gasteiger partial charge in [0.1, 0.15) is 0 Å². The molecule has 1 fully saturated rings. The second-order valence-electron chi connectivity index (χ2n) is 5.41. The monoisotopic (exact) mass is 312 g/mol. The van der Waals surface area contributed by atoms with Gasteiger partial charge in [-0.25, -0.2) is 4.98 Å². The van der Waals surface area contributed by atoms with Gasteiger partial charge in [0, 0.05) is 24.7 Å². The zero-order valence-electron chi connectivity index (χ0n) is 11.6. The van der Waals surface area contributed by atoms with Gasteiger partial charge in [0.05, 0.1) is 11.1 Å². The predicted molar refractivity (Wildman–Crippen MR) is 92.5 cm³/mol. The molecule has 0 amide bonds. The van der Waals surface area contributed by atoms with Gasteiger partial charge in [0.2, 0.25) is 0 Å². The quantitative estimate of drug-likeness (QED) is 0.652. The van der Waals surface area contributed by atoms with Crippen LogP contribution in [0.5, 0.6) is 0 Å². The van der Waals surface area contributed by atoms with Crippen LogP contribution in [0, 0.1) is 0 Å². The summed E-state index contributed by atoms with van der Waals surface area (Å²) in [6, 6.07) is 15.4. The molecule has 2 aromatic carbocycles. The first-order chi connectivity index (χ1) is 10.4. The van der Waals surface area contributed by atoms with Gasteiger partial charge < -0.3 is 4.57 Å². The molecule has 106 valence electrons. The normalized spacial score (nSPS) is 21.9. The largest absolute Gasteiger partial charge is 0.336 e. The Hall–Kier alpha value is -1.39. The zero-order valence-corrected chi connectivity index (χ0v) is 13.2. The fourth-order valence-corrected chi connectivity index (χ4v) is 6.45. The first-order valence-electron chi connectivity index (χ1n) is 7.12. The SMILES string of the molecule is c1ccc2c(C3(Cn4ccnc4)CCSS3)cccc2c1. The third-order valence-corrected chi connectivity index (χ3v) is 7.26. The maximum absolute atomic E-state index is 4.20. The Kier molecular flexibility index (Phi) is 3.43. The van der Waals surface area contributed by atoms with Crippen LogP contribution in [-0.4, -0.2) is 15.3 Å². The van der Waals surface area contributed by atoms with E-state index in [-0.39, 0.29) is 4.75 Å². The fraction of sp³-hybridized carbons (Fsp3) is 0.235. The third-order valence-electron chi connectivity index (χ3n) is 4.09. The minimum absolute atomic E-state index is 0.145. The lowest BCUT2D eigenvalue weighted by molar-refractivity contribution is 0.510. The van der Waals surface area contributed by atoms with Gasteiger partial charge in [-0.15, -0.1) is 0 Å². The van der Waals surface area contributed by atoms with Gasteiger partial charge in [-0.1, -0.05) is 64.1 Å². The molecule has 1 unspecified atom stereocenters. The van der Waals surface area contributed by atoms with E-state index in [2.05, 4.69) is 58.2 Å². The number of fused-ring (bicyclic) bond motifs is 1. The van der Waals surface area contributed by atoms with Gasteiger partial charge in [-0.05, 0) is 22.8 Å². The highest BCUT2D eigenvalue weighted by molar-refractivity contribution is 8.77. The van der Waals surface area contributed by atoms with Crippen molar-refractivity contribution >= 4 is 32.4 Å². The van der Waals surface area contributed by atoms with Crippen LogP contribution in [0.15, 0.2) is 61.2 Å². The standard InChI is InChI=1S/C17H16N2S2/c1-2-6-15-14(4-1)5-3-7-16(15)17(8-11-20-21-17)12-19-10-9-18-13-19/h1-7,9-10,13H,8,11-12H2. The first kappa shape index (κ1) is 13.3. The van der Waals surface area contributed by atoms with E-state index in [1.54, 1.807) is 0 Å². The fourth-order valence-electron chi connectivity index (χ4n) is 3.07. The van der Waals surface area contributed by atoms with Crippen molar-refractivity contribution in [3.05, 3.63) is 66.7 Å². The molecule has 4 rings (SSSR count). The lowest BCUT2D eigenvalue weighted by Gasteiger charge is -2.29. The molecule has 0 bridgehead atoms. The molecule has 0 N–H and O–H groups in total. The number of rotatable bonds is 3. The Morgan fingerprint density at radius 3 is 2.86 bits per heavy atom. The van der Waals surface area contributed by atoms with Crippen LogP contribution in [-0.2, 0) is 11.3 Å². The topological polar surface area (TPSA) is 17.8 Å². The lowest BCUT2D eigenvalue weighted by Crippen LogP contribution is -2.25. The van der Waals surface area contributed by atoms with Crippen molar-refractivity contribution in [3.8, 4) is 0 Å². The summed E-state index contributed by atoms with van der Waals surface area (Å²) < 4.78 is 2.35. The number of benzene rings is 2. The molecule has 21 heavy (non-hydrogen) atoms. The summed E-state index contributed by atoms with van der Waals surface area (Å²) in [7, 11) is 4.01. The van der Waals surface area contributed by atoms with Crippen molar-refractivity contribution < 1.29 is 0 Å². The van der Waals surface area contributed by atoms with Gasteiger partial charge in [0.15, 0.2) is 0 Å². The summed E-state index contributed by atoms with van der Waals surface area (Å²) in [6.07, 6.45) is 7.06. The average molecular weight is 312 g/mol. The number of hydrogen-bond acceptors (Lipinski definition) is 3. The summed E-state index contributed by atoms with van der Waals surface area (Å²) in [5.74, 6) is 1.21. The van der Waals surface area contributed by atoms with Crippen LogP contribution >= 0.6 is 21.6 Å². The van der Waals surface area contributed by atoms with E-state index in [0.717, 1.165) is 6.54 Å². The third kappa shape index (κ3) is 2.36. The summed E-state index contributed by atoms with van der Waals surface area (Å²) >= 11 is 0. The van der Waals surface area contributed by atoms with Crippen LogP contribution in [0.1, 0.15) is 12.0 Å². The van der Waals surface area contributed by atoms with Crippen LogP contribution in [0.2, 0.25) is 0 Å². The molecule has 4 heteroatoms. The Labute approximate surface area is 132 Å². The maximum atomic E-state index is 4.20. The number of imidazole rings is 1. The molecule has 0 radical (unpaired) electrons. The summed E-state index contributed by atoms with van der Waals surface area (Å²) in [5, 5.41) is 2.72. The van der Waals surface area contributed by atoms with E-state index >= 15 is 0 Å². The molecule has 1 atom stereocenters. The van der Waals surface area contributed by atoms with Gasteiger partial charge >= 0.3 is 0 Å². The van der Waals surface area contributed by atoms with Crippen molar-refractivity contribution in [2.75, 3.05) is 5.75 Å². The zero-order chi connectivity index (χ0) is 14.1.